The number of nitrogens with zero attached hydrogens (tertiary/aromatic N) is 3. The van der Waals surface area contributed by atoms with Crippen LogP contribution in [0.1, 0.15) is 32.7 Å². The molecule has 3 heterocycles. The van der Waals surface area contributed by atoms with E-state index in [1.54, 1.807) is 18.3 Å². The fourth-order valence-electron chi connectivity index (χ4n) is 4.13. The van der Waals surface area contributed by atoms with Crippen LogP contribution in [0.5, 0.6) is 0 Å². The standard InChI is InChI=1S/C28H23N3O3/c1-17-8-10-21(19(3)12-17)25-14-23(22-6-4-5-7-24(22)30-25)28(33)34-16-20-13-27(32)31-15-18(2)9-11-26(31)29-20/h4-15H,16H2,1-3H3. The van der Waals surface area contributed by atoms with Gasteiger partial charge in [-0.25, -0.2) is 14.8 Å². The molecule has 0 aliphatic heterocycles. The average molecular weight is 450 g/mol. The fraction of sp³-hybridized carbons (Fsp3) is 0.143. The van der Waals surface area contributed by atoms with E-state index in [1.807, 2.05) is 63.2 Å². The highest BCUT2D eigenvalue weighted by Gasteiger charge is 2.17. The van der Waals surface area contributed by atoms with Gasteiger partial charge in [0, 0.05) is 23.2 Å². The zero-order chi connectivity index (χ0) is 23.8. The Hall–Kier alpha value is -4.32. The molecule has 5 rings (SSSR count). The number of fused-ring (bicyclic) bond motifs is 2. The molecule has 0 N–H and O–H groups in total. The van der Waals surface area contributed by atoms with Crippen LogP contribution < -0.4 is 5.56 Å². The summed E-state index contributed by atoms with van der Waals surface area (Å²) >= 11 is 0. The van der Waals surface area contributed by atoms with Crippen molar-refractivity contribution in [3.63, 3.8) is 0 Å². The highest BCUT2D eigenvalue weighted by atomic mass is 16.5. The van der Waals surface area contributed by atoms with Gasteiger partial charge in [0.15, 0.2) is 0 Å². The van der Waals surface area contributed by atoms with E-state index in [4.69, 9.17) is 9.72 Å². The third kappa shape index (κ3) is 4.06. The summed E-state index contributed by atoms with van der Waals surface area (Å²) < 4.78 is 7.09. The molecule has 34 heavy (non-hydrogen) atoms. The van der Waals surface area contributed by atoms with E-state index in [1.165, 1.54) is 10.5 Å². The summed E-state index contributed by atoms with van der Waals surface area (Å²) in [6, 6.07) is 20.5. The van der Waals surface area contributed by atoms with E-state index < -0.39 is 5.97 Å². The van der Waals surface area contributed by atoms with Crippen LogP contribution in [0.25, 0.3) is 27.8 Å². The minimum atomic E-state index is -0.490. The van der Waals surface area contributed by atoms with Gasteiger partial charge < -0.3 is 4.74 Å². The summed E-state index contributed by atoms with van der Waals surface area (Å²) in [6.45, 7) is 5.88. The van der Waals surface area contributed by atoms with Crippen LogP contribution in [0.3, 0.4) is 0 Å². The number of aromatic nitrogens is 3. The highest BCUT2D eigenvalue weighted by Crippen LogP contribution is 2.28. The first-order chi connectivity index (χ1) is 16.4. The van der Waals surface area contributed by atoms with Crippen LogP contribution in [-0.2, 0) is 11.3 Å². The Morgan fingerprint density at radius 3 is 2.53 bits per heavy atom. The molecule has 6 nitrogen and oxygen atoms in total. The zero-order valence-corrected chi connectivity index (χ0v) is 19.2. The van der Waals surface area contributed by atoms with Gasteiger partial charge in [-0.15, -0.1) is 0 Å². The van der Waals surface area contributed by atoms with Crippen LogP contribution in [-0.4, -0.2) is 20.3 Å². The number of carbonyl (C=O) groups is 1. The molecule has 0 saturated carbocycles. The Balaban J connectivity index is 1.50. The van der Waals surface area contributed by atoms with Crippen molar-refractivity contribution < 1.29 is 9.53 Å². The second kappa shape index (κ2) is 8.56. The Morgan fingerprint density at radius 1 is 0.912 bits per heavy atom. The molecule has 6 heteroatoms. The maximum absolute atomic E-state index is 13.2. The van der Waals surface area contributed by atoms with Crippen LogP contribution >= 0.6 is 0 Å². The van der Waals surface area contributed by atoms with Crippen molar-refractivity contribution in [1.29, 1.82) is 0 Å². The van der Waals surface area contributed by atoms with E-state index in [0.717, 1.165) is 22.3 Å². The lowest BCUT2D eigenvalue weighted by Crippen LogP contribution is -2.17. The van der Waals surface area contributed by atoms with E-state index in [9.17, 15) is 9.59 Å². The molecule has 0 bridgehead atoms. The number of ether oxygens (including phenoxy) is 1. The average Bonchev–Trinajstić information content (AvgIpc) is 2.82. The van der Waals surface area contributed by atoms with E-state index in [0.29, 0.717) is 33.5 Å². The molecule has 0 spiro atoms. The fourth-order valence-corrected chi connectivity index (χ4v) is 4.13. The molecule has 2 aromatic carbocycles. The molecule has 0 aliphatic rings. The van der Waals surface area contributed by atoms with Crippen molar-refractivity contribution >= 4 is 22.5 Å². The number of esters is 1. The predicted molar refractivity (Wildman–Crippen MR) is 132 cm³/mol. The number of para-hydroxylation sites is 1. The number of hydrogen-bond acceptors (Lipinski definition) is 5. The molecular formula is C28H23N3O3. The highest BCUT2D eigenvalue weighted by molar-refractivity contribution is 6.04. The monoisotopic (exact) mass is 449 g/mol. The first-order valence-corrected chi connectivity index (χ1v) is 11.0. The SMILES string of the molecule is Cc1ccc(-c2cc(C(=O)OCc3cc(=O)n4cc(C)ccc4n3)c3ccccc3n2)c(C)c1. The number of benzene rings is 2. The lowest BCUT2D eigenvalue weighted by atomic mass is 9.99. The number of pyridine rings is 2. The Bertz CT molecular complexity index is 1640. The summed E-state index contributed by atoms with van der Waals surface area (Å²) in [5, 5.41) is 0.711. The quantitative estimate of drug-likeness (QED) is 0.353. The van der Waals surface area contributed by atoms with Gasteiger partial charge in [-0.1, -0.05) is 48.0 Å². The first kappa shape index (κ1) is 21.5. The Morgan fingerprint density at radius 2 is 1.71 bits per heavy atom. The lowest BCUT2D eigenvalue weighted by Gasteiger charge is -2.12. The molecule has 0 fully saturated rings. The summed E-state index contributed by atoms with van der Waals surface area (Å²) in [7, 11) is 0. The molecule has 3 aromatic heterocycles. The van der Waals surface area contributed by atoms with Gasteiger partial charge in [0.05, 0.1) is 22.5 Å². The summed E-state index contributed by atoms with van der Waals surface area (Å²) in [6.07, 6.45) is 1.73. The van der Waals surface area contributed by atoms with Crippen LogP contribution in [0.2, 0.25) is 0 Å². The van der Waals surface area contributed by atoms with Crippen molar-refractivity contribution in [2.24, 2.45) is 0 Å². The molecule has 0 aliphatic carbocycles. The summed E-state index contributed by atoms with van der Waals surface area (Å²) in [4.78, 5) is 34.9. The zero-order valence-electron chi connectivity index (χ0n) is 19.2. The van der Waals surface area contributed by atoms with Crippen LogP contribution in [0.15, 0.2) is 77.7 Å². The van der Waals surface area contributed by atoms with Crippen LogP contribution in [0.4, 0.5) is 0 Å². The van der Waals surface area contributed by atoms with E-state index in [-0.39, 0.29) is 12.2 Å². The van der Waals surface area contributed by atoms with Crippen LogP contribution in [0, 0.1) is 20.8 Å². The molecular weight excluding hydrogens is 426 g/mol. The molecule has 0 radical (unpaired) electrons. The second-order valence-electron chi connectivity index (χ2n) is 8.49. The normalized spacial score (nSPS) is 11.1. The maximum Gasteiger partial charge on any atom is 0.339 e. The van der Waals surface area contributed by atoms with Gasteiger partial charge in [-0.05, 0) is 50.1 Å². The smallest absolute Gasteiger partial charge is 0.339 e. The maximum atomic E-state index is 13.2. The van der Waals surface area contributed by atoms with Gasteiger partial charge in [-0.3, -0.25) is 9.20 Å². The summed E-state index contributed by atoms with van der Waals surface area (Å²) in [5.41, 5.74) is 6.70. The van der Waals surface area contributed by atoms with Gasteiger partial charge in [0.25, 0.3) is 5.56 Å². The van der Waals surface area contributed by atoms with Gasteiger partial charge in [0.2, 0.25) is 0 Å². The Labute approximate surface area is 196 Å². The molecule has 0 amide bonds. The first-order valence-electron chi connectivity index (χ1n) is 11.0. The minimum Gasteiger partial charge on any atom is -0.456 e. The topological polar surface area (TPSA) is 73.6 Å². The number of rotatable bonds is 4. The van der Waals surface area contributed by atoms with Gasteiger partial charge >= 0.3 is 5.97 Å². The van der Waals surface area contributed by atoms with Crippen molar-refractivity contribution in [3.8, 4) is 11.3 Å². The third-order valence-corrected chi connectivity index (χ3v) is 5.81. The molecule has 5 aromatic rings. The number of aryl methyl sites for hydroxylation is 3. The molecule has 0 atom stereocenters. The minimum absolute atomic E-state index is 0.103. The van der Waals surface area contributed by atoms with Gasteiger partial charge in [0.1, 0.15) is 12.3 Å². The molecule has 0 saturated heterocycles. The van der Waals surface area contributed by atoms with Crippen molar-refractivity contribution in [3.05, 3.63) is 111 Å². The third-order valence-electron chi connectivity index (χ3n) is 5.81. The lowest BCUT2D eigenvalue weighted by molar-refractivity contribution is 0.0470. The predicted octanol–water partition coefficient (Wildman–Crippen LogP) is 5.19. The van der Waals surface area contributed by atoms with Crippen molar-refractivity contribution in [1.82, 2.24) is 14.4 Å². The molecule has 168 valence electrons. The van der Waals surface area contributed by atoms with Crippen molar-refractivity contribution in [2.45, 2.75) is 27.4 Å². The van der Waals surface area contributed by atoms with E-state index in [2.05, 4.69) is 11.1 Å². The number of hydrogen-bond donors (Lipinski definition) is 0. The van der Waals surface area contributed by atoms with Gasteiger partial charge in [-0.2, -0.15) is 0 Å². The van der Waals surface area contributed by atoms with E-state index >= 15 is 0 Å². The number of carbonyl (C=O) groups excluding carboxylic acids is 1. The largest absolute Gasteiger partial charge is 0.456 e. The summed E-state index contributed by atoms with van der Waals surface area (Å²) in [5.74, 6) is -0.490. The Kier molecular flexibility index (Phi) is 5.42. The van der Waals surface area contributed by atoms with Crippen molar-refractivity contribution in [2.75, 3.05) is 0 Å². The second-order valence-corrected chi connectivity index (χ2v) is 8.49. The molecule has 0 unspecified atom stereocenters.